The van der Waals surface area contributed by atoms with Crippen molar-refractivity contribution in [1.29, 1.82) is 0 Å². The number of nitrogens with two attached hydrogens (primary N) is 1. The van der Waals surface area contributed by atoms with Crippen LogP contribution in [-0.2, 0) is 17.8 Å². The minimum atomic E-state index is -0.185. The average molecular weight is 177 g/mol. The molecule has 0 amide bonds. The molecule has 0 radical (unpaired) electrons. The van der Waals surface area contributed by atoms with Crippen LogP contribution in [0.4, 0.5) is 0 Å². The SMILES string of the molecule is Cc1ccc2c(c1CN)OC(=O)C2. The van der Waals surface area contributed by atoms with Crippen LogP contribution in [0.1, 0.15) is 16.7 Å². The Kier molecular flexibility index (Phi) is 1.81. The first-order valence-electron chi connectivity index (χ1n) is 4.24. The summed E-state index contributed by atoms with van der Waals surface area (Å²) >= 11 is 0. The zero-order valence-electron chi connectivity index (χ0n) is 7.46. The highest BCUT2D eigenvalue weighted by Gasteiger charge is 2.23. The molecule has 1 aliphatic rings. The second-order valence-corrected chi connectivity index (χ2v) is 3.20. The summed E-state index contributed by atoms with van der Waals surface area (Å²) in [6, 6.07) is 3.90. The van der Waals surface area contributed by atoms with Crippen LogP contribution in [0.25, 0.3) is 0 Å². The second-order valence-electron chi connectivity index (χ2n) is 3.20. The number of benzene rings is 1. The zero-order chi connectivity index (χ0) is 9.42. The predicted molar refractivity (Wildman–Crippen MR) is 48.4 cm³/mol. The topological polar surface area (TPSA) is 52.3 Å². The highest BCUT2D eigenvalue weighted by atomic mass is 16.5. The number of carbonyl (C=O) groups is 1. The maximum Gasteiger partial charge on any atom is 0.315 e. The van der Waals surface area contributed by atoms with Crippen LogP contribution in [-0.4, -0.2) is 5.97 Å². The van der Waals surface area contributed by atoms with Gasteiger partial charge in [0.2, 0.25) is 0 Å². The van der Waals surface area contributed by atoms with Gasteiger partial charge in [-0.05, 0) is 12.5 Å². The van der Waals surface area contributed by atoms with Gasteiger partial charge < -0.3 is 10.5 Å². The molecule has 1 aliphatic heterocycles. The number of ether oxygens (including phenoxy) is 1. The van der Waals surface area contributed by atoms with Gasteiger partial charge in [-0.2, -0.15) is 0 Å². The van der Waals surface area contributed by atoms with E-state index in [2.05, 4.69) is 0 Å². The predicted octanol–water partition coefficient (Wildman–Crippen LogP) is 0.915. The van der Waals surface area contributed by atoms with Gasteiger partial charge in [0.05, 0.1) is 6.42 Å². The Morgan fingerprint density at radius 2 is 2.31 bits per heavy atom. The van der Waals surface area contributed by atoms with Crippen LogP contribution >= 0.6 is 0 Å². The van der Waals surface area contributed by atoms with Gasteiger partial charge in [-0.3, -0.25) is 4.79 Å². The molecular weight excluding hydrogens is 166 g/mol. The van der Waals surface area contributed by atoms with Crippen LogP contribution in [0.2, 0.25) is 0 Å². The van der Waals surface area contributed by atoms with Gasteiger partial charge in [0.25, 0.3) is 0 Å². The Labute approximate surface area is 76.5 Å². The molecule has 13 heavy (non-hydrogen) atoms. The van der Waals surface area contributed by atoms with Crippen LogP contribution in [0, 0.1) is 6.92 Å². The molecule has 0 saturated carbocycles. The minimum Gasteiger partial charge on any atom is -0.426 e. The van der Waals surface area contributed by atoms with Crippen molar-refractivity contribution in [1.82, 2.24) is 0 Å². The summed E-state index contributed by atoms with van der Waals surface area (Å²) in [5.41, 5.74) is 8.56. The number of rotatable bonds is 1. The van der Waals surface area contributed by atoms with Gasteiger partial charge in [-0.15, -0.1) is 0 Å². The number of hydrogen-bond donors (Lipinski definition) is 1. The lowest BCUT2D eigenvalue weighted by molar-refractivity contribution is -0.131. The van der Waals surface area contributed by atoms with E-state index in [1.807, 2.05) is 19.1 Å². The molecule has 68 valence electrons. The normalized spacial score (nSPS) is 14.2. The quantitative estimate of drug-likeness (QED) is 0.512. The monoisotopic (exact) mass is 177 g/mol. The van der Waals surface area contributed by atoms with Gasteiger partial charge in [-0.25, -0.2) is 0 Å². The highest BCUT2D eigenvalue weighted by molar-refractivity contribution is 5.82. The summed E-state index contributed by atoms with van der Waals surface area (Å²) in [5, 5.41) is 0. The molecule has 0 aliphatic carbocycles. The summed E-state index contributed by atoms with van der Waals surface area (Å²) in [7, 11) is 0. The summed E-state index contributed by atoms with van der Waals surface area (Å²) < 4.78 is 5.09. The Balaban J connectivity index is 2.58. The maximum atomic E-state index is 11.0. The third kappa shape index (κ3) is 1.21. The standard InChI is InChI=1S/C10H11NO2/c1-6-2-3-7-4-9(12)13-10(7)8(6)5-11/h2-3H,4-5,11H2,1H3. The molecule has 0 aromatic heterocycles. The number of aryl methyl sites for hydroxylation is 1. The molecule has 0 spiro atoms. The first-order chi connectivity index (χ1) is 6.22. The average Bonchev–Trinajstić information content (AvgIpc) is 2.45. The third-order valence-electron chi connectivity index (χ3n) is 2.33. The van der Waals surface area contributed by atoms with Crippen molar-refractivity contribution >= 4 is 5.97 Å². The summed E-state index contributed by atoms with van der Waals surface area (Å²) in [4.78, 5) is 11.0. The molecule has 1 heterocycles. The van der Waals surface area contributed by atoms with E-state index >= 15 is 0 Å². The molecule has 0 fully saturated rings. The fourth-order valence-electron chi connectivity index (χ4n) is 1.60. The Hall–Kier alpha value is -1.35. The molecule has 3 heteroatoms. The van der Waals surface area contributed by atoms with E-state index in [1.54, 1.807) is 0 Å². The minimum absolute atomic E-state index is 0.185. The first kappa shape index (κ1) is 8.26. The Morgan fingerprint density at radius 3 is 3.00 bits per heavy atom. The van der Waals surface area contributed by atoms with Crippen molar-refractivity contribution in [3.8, 4) is 5.75 Å². The van der Waals surface area contributed by atoms with Gasteiger partial charge in [0.1, 0.15) is 5.75 Å². The molecule has 2 rings (SSSR count). The third-order valence-corrected chi connectivity index (χ3v) is 2.33. The van der Waals surface area contributed by atoms with E-state index in [0.29, 0.717) is 18.7 Å². The highest BCUT2D eigenvalue weighted by Crippen LogP contribution is 2.31. The lowest BCUT2D eigenvalue weighted by atomic mass is 10.0. The van der Waals surface area contributed by atoms with Crippen LogP contribution in [0.5, 0.6) is 5.75 Å². The summed E-state index contributed by atoms with van der Waals surface area (Å²) in [6.07, 6.45) is 0.378. The van der Waals surface area contributed by atoms with E-state index in [-0.39, 0.29) is 5.97 Å². The van der Waals surface area contributed by atoms with E-state index in [1.165, 1.54) is 0 Å². The fraction of sp³-hybridized carbons (Fsp3) is 0.300. The van der Waals surface area contributed by atoms with E-state index < -0.39 is 0 Å². The number of carbonyl (C=O) groups excluding carboxylic acids is 1. The molecule has 0 saturated heterocycles. The van der Waals surface area contributed by atoms with Crippen molar-refractivity contribution in [2.75, 3.05) is 0 Å². The zero-order valence-corrected chi connectivity index (χ0v) is 7.46. The van der Waals surface area contributed by atoms with Crippen molar-refractivity contribution in [3.63, 3.8) is 0 Å². The largest absolute Gasteiger partial charge is 0.426 e. The van der Waals surface area contributed by atoms with Crippen molar-refractivity contribution < 1.29 is 9.53 Å². The number of fused-ring (bicyclic) bond motifs is 1. The lowest BCUT2D eigenvalue weighted by Gasteiger charge is -2.07. The van der Waals surface area contributed by atoms with Gasteiger partial charge in [0.15, 0.2) is 0 Å². The van der Waals surface area contributed by atoms with Crippen LogP contribution in [0.15, 0.2) is 12.1 Å². The summed E-state index contributed by atoms with van der Waals surface area (Å²) in [6.45, 7) is 2.39. The van der Waals surface area contributed by atoms with Crippen LogP contribution in [0.3, 0.4) is 0 Å². The number of hydrogen-bond acceptors (Lipinski definition) is 3. The Morgan fingerprint density at radius 1 is 1.54 bits per heavy atom. The van der Waals surface area contributed by atoms with Crippen molar-refractivity contribution in [2.45, 2.75) is 19.9 Å². The van der Waals surface area contributed by atoms with E-state index in [9.17, 15) is 4.79 Å². The van der Waals surface area contributed by atoms with E-state index in [4.69, 9.17) is 10.5 Å². The maximum absolute atomic E-state index is 11.0. The first-order valence-corrected chi connectivity index (χ1v) is 4.24. The van der Waals surface area contributed by atoms with Gasteiger partial charge in [0, 0.05) is 17.7 Å². The van der Waals surface area contributed by atoms with Crippen molar-refractivity contribution in [2.24, 2.45) is 5.73 Å². The molecule has 1 aromatic rings. The Bertz CT molecular complexity index is 371. The number of esters is 1. The second kappa shape index (κ2) is 2.85. The smallest absolute Gasteiger partial charge is 0.315 e. The van der Waals surface area contributed by atoms with Crippen LogP contribution < -0.4 is 10.5 Å². The fourth-order valence-corrected chi connectivity index (χ4v) is 1.60. The molecule has 0 bridgehead atoms. The molecule has 0 atom stereocenters. The lowest BCUT2D eigenvalue weighted by Crippen LogP contribution is -2.04. The molecule has 2 N–H and O–H groups in total. The van der Waals surface area contributed by atoms with E-state index in [0.717, 1.165) is 16.7 Å². The molecule has 1 aromatic carbocycles. The molecule has 0 unspecified atom stereocenters. The molecular formula is C10H11NO2. The van der Waals surface area contributed by atoms with Crippen molar-refractivity contribution in [3.05, 3.63) is 28.8 Å². The summed E-state index contributed by atoms with van der Waals surface area (Å²) in [5.74, 6) is 0.503. The van der Waals surface area contributed by atoms with Gasteiger partial charge in [-0.1, -0.05) is 12.1 Å². The van der Waals surface area contributed by atoms with Gasteiger partial charge >= 0.3 is 5.97 Å². The molecule has 3 nitrogen and oxygen atoms in total.